The van der Waals surface area contributed by atoms with Gasteiger partial charge in [-0.25, -0.2) is 0 Å². The molecule has 19 heavy (non-hydrogen) atoms. The van der Waals surface area contributed by atoms with Crippen molar-refractivity contribution in [1.82, 2.24) is 9.29 Å². The van der Waals surface area contributed by atoms with Gasteiger partial charge in [0, 0.05) is 18.0 Å². The van der Waals surface area contributed by atoms with Gasteiger partial charge >= 0.3 is 0 Å². The molecule has 0 unspecified atom stereocenters. The minimum Gasteiger partial charge on any atom is -0.311 e. The van der Waals surface area contributed by atoms with Crippen LogP contribution in [0.25, 0.3) is 10.8 Å². The highest BCUT2D eigenvalue weighted by Gasteiger charge is 2.10. The zero-order valence-electron chi connectivity index (χ0n) is 11.1. The van der Waals surface area contributed by atoms with Crippen LogP contribution < -0.4 is 10.3 Å². The summed E-state index contributed by atoms with van der Waals surface area (Å²) in [6.45, 7) is 2.75. The Bertz CT molecular complexity index is 639. The molecular weight excluding hydrogens is 280 g/mol. The van der Waals surface area contributed by atoms with Crippen molar-refractivity contribution in [2.45, 2.75) is 19.9 Å². The zero-order valence-corrected chi connectivity index (χ0v) is 12.6. The van der Waals surface area contributed by atoms with Crippen LogP contribution in [0.4, 0.5) is 0 Å². The van der Waals surface area contributed by atoms with Gasteiger partial charge in [-0.05, 0) is 31.0 Å². The molecule has 0 aliphatic heterocycles. The van der Waals surface area contributed by atoms with E-state index in [0.29, 0.717) is 17.0 Å². The number of pyridine rings is 1. The second kappa shape index (κ2) is 6.46. The highest BCUT2D eigenvalue weighted by molar-refractivity contribution is 7.97. The minimum absolute atomic E-state index is 0.0108. The zero-order chi connectivity index (χ0) is 13.8. The van der Waals surface area contributed by atoms with Gasteiger partial charge in [0.1, 0.15) is 0 Å². The Kier molecular flexibility index (Phi) is 4.91. The lowest BCUT2D eigenvalue weighted by Gasteiger charge is -2.13. The number of rotatable bonds is 5. The number of halogens is 1. The van der Waals surface area contributed by atoms with Crippen LogP contribution in [0, 0.1) is 0 Å². The lowest BCUT2D eigenvalue weighted by atomic mass is 10.1. The smallest absolute Gasteiger partial charge is 0.260 e. The molecule has 0 amide bonds. The molecule has 102 valence electrons. The van der Waals surface area contributed by atoms with Crippen LogP contribution in [0.1, 0.15) is 12.6 Å². The number of aryl methyl sites for hydroxylation is 1. The Hall–Kier alpha value is -0.970. The maximum Gasteiger partial charge on any atom is 0.260 e. The summed E-state index contributed by atoms with van der Waals surface area (Å²) < 4.78 is 4.85. The first-order valence-corrected chi connectivity index (χ1v) is 7.64. The normalized spacial score (nSPS) is 11.1. The summed E-state index contributed by atoms with van der Waals surface area (Å²) in [6, 6.07) is 7.65. The van der Waals surface area contributed by atoms with E-state index >= 15 is 0 Å². The van der Waals surface area contributed by atoms with Crippen molar-refractivity contribution in [2.75, 3.05) is 12.8 Å². The van der Waals surface area contributed by atoms with Crippen molar-refractivity contribution in [3.8, 4) is 0 Å². The summed E-state index contributed by atoms with van der Waals surface area (Å²) in [5.41, 5.74) is 1.06. The second-order valence-corrected chi connectivity index (χ2v) is 5.72. The summed E-state index contributed by atoms with van der Waals surface area (Å²) in [6.07, 6.45) is 0.835. The fourth-order valence-corrected chi connectivity index (χ4v) is 2.93. The summed E-state index contributed by atoms with van der Waals surface area (Å²) in [4.78, 5) is 12.6. The fourth-order valence-electron chi connectivity index (χ4n) is 2.19. The van der Waals surface area contributed by atoms with E-state index in [1.807, 2.05) is 23.7 Å². The molecule has 0 aliphatic rings. The third-order valence-corrected chi connectivity index (χ3v) is 4.09. The summed E-state index contributed by atoms with van der Waals surface area (Å²) in [5.74, 6) is 0.847. The Balaban J connectivity index is 2.57. The first-order chi connectivity index (χ1) is 9.19. The molecule has 0 radical (unpaired) electrons. The predicted octanol–water partition coefficient (Wildman–Crippen LogP) is 3.08. The summed E-state index contributed by atoms with van der Waals surface area (Å²) in [7, 11) is 1.88. The molecule has 0 atom stereocenters. The molecular formula is C14H17ClN2OS. The van der Waals surface area contributed by atoms with Gasteiger partial charge in [0.25, 0.3) is 5.56 Å². The fraction of sp³-hybridized carbons (Fsp3) is 0.357. The maximum absolute atomic E-state index is 12.6. The van der Waals surface area contributed by atoms with E-state index < -0.39 is 0 Å². The van der Waals surface area contributed by atoms with Crippen molar-refractivity contribution < 1.29 is 0 Å². The molecule has 1 aromatic carbocycles. The van der Waals surface area contributed by atoms with Crippen LogP contribution in [0.3, 0.4) is 0 Å². The monoisotopic (exact) mass is 296 g/mol. The number of fused-ring (bicyclic) bond motifs is 1. The molecule has 1 N–H and O–H groups in total. The quantitative estimate of drug-likeness (QED) is 0.680. The van der Waals surface area contributed by atoms with Gasteiger partial charge in [-0.2, -0.15) is 0 Å². The van der Waals surface area contributed by atoms with E-state index in [-0.39, 0.29) is 5.56 Å². The van der Waals surface area contributed by atoms with Crippen molar-refractivity contribution in [2.24, 2.45) is 0 Å². The molecule has 0 spiro atoms. The number of nitrogens with one attached hydrogen (secondary N) is 1. The second-order valence-electron chi connectivity index (χ2n) is 4.20. The average Bonchev–Trinajstić information content (AvgIpc) is 2.41. The van der Waals surface area contributed by atoms with Gasteiger partial charge in [0.05, 0.1) is 10.4 Å². The Morgan fingerprint density at radius 1 is 1.42 bits per heavy atom. The molecule has 5 heteroatoms. The first-order valence-electron chi connectivity index (χ1n) is 6.28. The molecule has 0 bridgehead atoms. The van der Waals surface area contributed by atoms with E-state index in [9.17, 15) is 4.79 Å². The number of aromatic nitrogens is 1. The van der Waals surface area contributed by atoms with Crippen molar-refractivity contribution >= 4 is 34.3 Å². The van der Waals surface area contributed by atoms with Crippen molar-refractivity contribution in [1.29, 1.82) is 0 Å². The molecule has 2 rings (SSSR count). The topological polar surface area (TPSA) is 34.0 Å². The Morgan fingerprint density at radius 2 is 2.21 bits per heavy atom. The summed E-state index contributed by atoms with van der Waals surface area (Å²) in [5, 5.41) is 2.07. The van der Waals surface area contributed by atoms with E-state index in [1.165, 1.54) is 0 Å². The highest BCUT2D eigenvalue weighted by Crippen LogP contribution is 2.21. The van der Waals surface area contributed by atoms with Gasteiger partial charge < -0.3 is 4.57 Å². The summed E-state index contributed by atoms with van der Waals surface area (Å²) >= 11 is 7.76. The lowest BCUT2D eigenvalue weighted by molar-refractivity contribution is 0.694. The van der Waals surface area contributed by atoms with E-state index in [0.717, 1.165) is 23.3 Å². The standard InChI is InChI=1S/C14H17ClN2OS/c1-3-11-9-10-5-4-6-12(15)13(10)14(18)17(11)7-8-19-16-2/h4-6,9,16H,3,7-8H2,1-2H3. The van der Waals surface area contributed by atoms with Gasteiger partial charge in [-0.15, -0.1) is 0 Å². The lowest BCUT2D eigenvalue weighted by Crippen LogP contribution is -2.25. The van der Waals surface area contributed by atoms with Crippen LogP contribution in [-0.2, 0) is 13.0 Å². The third kappa shape index (κ3) is 2.96. The minimum atomic E-state index is 0.0108. The predicted molar refractivity (Wildman–Crippen MR) is 84.1 cm³/mol. The van der Waals surface area contributed by atoms with E-state index in [1.54, 1.807) is 18.0 Å². The SMILES string of the molecule is CCc1cc2cccc(Cl)c2c(=O)n1CCSNC. The average molecular weight is 297 g/mol. The number of benzene rings is 1. The van der Waals surface area contributed by atoms with Crippen LogP contribution in [0.15, 0.2) is 29.1 Å². The molecule has 1 heterocycles. The molecule has 0 saturated heterocycles. The molecule has 0 saturated carbocycles. The Morgan fingerprint density at radius 3 is 2.89 bits per heavy atom. The highest BCUT2D eigenvalue weighted by atomic mass is 35.5. The molecule has 3 nitrogen and oxygen atoms in total. The molecule has 0 fully saturated rings. The van der Waals surface area contributed by atoms with Crippen LogP contribution in [-0.4, -0.2) is 17.4 Å². The van der Waals surface area contributed by atoms with Crippen molar-refractivity contribution in [3.63, 3.8) is 0 Å². The third-order valence-electron chi connectivity index (χ3n) is 3.10. The van der Waals surface area contributed by atoms with Gasteiger partial charge in [-0.3, -0.25) is 9.52 Å². The Labute approximate surface area is 122 Å². The van der Waals surface area contributed by atoms with Crippen LogP contribution in [0.5, 0.6) is 0 Å². The maximum atomic E-state index is 12.6. The van der Waals surface area contributed by atoms with Gasteiger partial charge in [0.2, 0.25) is 0 Å². The van der Waals surface area contributed by atoms with Gasteiger partial charge in [-0.1, -0.05) is 42.6 Å². The van der Waals surface area contributed by atoms with Crippen LogP contribution >= 0.6 is 23.5 Å². The molecule has 2 aromatic rings. The van der Waals surface area contributed by atoms with E-state index in [4.69, 9.17) is 11.6 Å². The number of hydrogen-bond donors (Lipinski definition) is 1. The van der Waals surface area contributed by atoms with Gasteiger partial charge in [0.15, 0.2) is 0 Å². The molecule has 1 aromatic heterocycles. The van der Waals surface area contributed by atoms with Crippen LogP contribution in [0.2, 0.25) is 5.02 Å². The largest absolute Gasteiger partial charge is 0.311 e. The van der Waals surface area contributed by atoms with Crippen molar-refractivity contribution in [3.05, 3.63) is 45.3 Å². The van der Waals surface area contributed by atoms with E-state index in [2.05, 4.69) is 17.7 Å². The first kappa shape index (κ1) is 14.4. The number of nitrogens with zero attached hydrogens (tertiary/aromatic N) is 1. The number of hydrogen-bond acceptors (Lipinski definition) is 3. The molecule has 0 aliphatic carbocycles.